The van der Waals surface area contributed by atoms with Crippen LogP contribution in [-0.2, 0) is 0 Å². The van der Waals surface area contributed by atoms with Gasteiger partial charge < -0.3 is 4.57 Å². The molecule has 0 bridgehead atoms. The molecule has 210 valence electrons. The Labute approximate surface area is 266 Å². The molecule has 1 unspecified atom stereocenters. The molecule has 0 aliphatic heterocycles. The van der Waals surface area contributed by atoms with Gasteiger partial charge in [0, 0.05) is 26.9 Å². The van der Waals surface area contributed by atoms with Crippen molar-refractivity contribution in [2.75, 3.05) is 0 Å². The van der Waals surface area contributed by atoms with Crippen LogP contribution in [0.1, 0.15) is 23.5 Å². The number of aromatic nitrogens is 1. The SMILES string of the molecule is Brc1ccc(C2C=CC=C(c3ccc4c(c3)c3ccccc3n4-c3cc(-c4ccccc4)cc(-c4ccccc4)c3)C2)cc1. The lowest BCUT2D eigenvalue weighted by Gasteiger charge is -2.20. The average molecular weight is 629 g/mol. The number of hydrogen-bond donors (Lipinski definition) is 0. The first-order valence-electron chi connectivity index (χ1n) is 15.1. The molecule has 8 rings (SSSR count). The Morgan fingerprint density at radius 2 is 1.16 bits per heavy atom. The highest BCUT2D eigenvalue weighted by atomic mass is 79.9. The zero-order valence-corrected chi connectivity index (χ0v) is 25.8. The maximum atomic E-state index is 3.58. The third-order valence-electron chi connectivity index (χ3n) is 8.81. The van der Waals surface area contributed by atoms with E-state index in [1.165, 1.54) is 66.4 Å². The lowest BCUT2D eigenvalue weighted by atomic mass is 9.85. The van der Waals surface area contributed by atoms with E-state index in [-0.39, 0.29) is 0 Å². The van der Waals surface area contributed by atoms with Gasteiger partial charge in [-0.2, -0.15) is 0 Å². The zero-order chi connectivity index (χ0) is 29.5. The smallest absolute Gasteiger partial charge is 0.0541 e. The normalized spacial score (nSPS) is 14.7. The average Bonchev–Trinajstić information content (AvgIpc) is 3.43. The first-order valence-corrected chi connectivity index (χ1v) is 15.9. The van der Waals surface area contributed by atoms with Gasteiger partial charge in [-0.15, -0.1) is 0 Å². The van der Waals surface area contributed by atoms with E-state index in [1.54, 1.807) is 0 Å². The van der Waals surface area contributed by atoms with Crippen LogP contribution in [0, 0.1) is 0 Å². The molecule has 0 radical (unpaired) electrons. The molecule has 44 heavy (non-hydrogen) atoms. The molecule has 0 saturated heterocycles. The summed E-state index contributed by atoms with van der Waals surface area (Å²) in [7, 11) is 0. The van der Waals surface area contributed by atoms with Gasteiger partial charge in [-0.3, -0.25) is 0 Å². The fraction of sp³-hybridized carbons (Fsp3) is 0.0476. The van der Waals surface area contributed by atoms with Crippen molar-refractivity contribution in [2.45, 2.75) is 12.3 Å². The largest absolute Gasteiger partial charge is 0.309 e. The second kappa shape index (κ2) is 11.3. The van der Waals surface area contributed by atoms with Crippen molar-refractivity contribution in [1.29, 1.82) is 0 Å². The molecule has 6 aromatic carbocycles. The Morgan fingerprint density at radius 1 is 0.523 bits per heavy atom. The van der Waals surface area contributed by atoms with E-state index in [9.17, 15) is 0 Å². The van der Waals surface area contributed by atoms with Crippen LogP contribution in [0.15, 0.2) is 168 Å². The molecule has 0 saturated carbocycles. The van der Waals surface area contributed by atoms with Crippen molar-refractivity contribution in [3.8, 4) is 27.9 Å². The highest BCUT2D eigenvalue weighted by Gasteiger charge is 2.18. The molecule has 1 aliphatic rings. The van der Waals surface area contributed by atoms with Gasteiger partial charge in [-0.05, 0) is 93.9 Å². The summed E-state index contributed by atoms with van der Waals surface area (Å²) in [6.45, 7) is 0. The highest BCUT2D eigenvalue weighted by Crippen LogP contribution is 2.39. The lowest BCUT2D eigenvalue weighted by Crippen LogP contribution is -2.01. The minimum absolute atomic E-state index is 0.372. The van der Waals surface area contributed by atoms with Gasteiger partial charge in [0.25, 0.3) is 0 Å². The van der Waals surface area contributed by atoms with Gasteiger partial charge in [-0.25, -0.2) is 0 Å². The second-order valence-corrected chi connectivity index (χ2v) is 12.4. The maximum absolute atomic E-state index is 3.58. The monoisotopic (exact) mass is 627 g/mol. The van der Waals surface area contributed by atoms with Gasteiger partial charge in [-0.1, -0.05) is 131 Å². The maximum Gasteiger partial charge on any atom is 0.0541 e. The van der Waals surface area contributed by atoms with Crippen LogP contribution in [0.3, 0.4) is 0 Å². The van der Waals surface area contributed by atoms with Crippen molar-refractivity contribution >= 4 is 43.3 Å². The van der Waals surface area contributed by atoms with Crippen LogP contribution in [0.2, 0.25) is 0 Å². The second-order valence-electron chi connectivity index (χ2n) is 11.5. The molecule has 1 aromatic heterocycles. The number of fused-ring (bicyclic) bond motifs is 3. The minimum atomic E-state index is 0.372. The van der Waals surface area contributed by atoms with Crippen molar-refractivity contribution in [2.24, 2.45) is 0 Å². The Balaban J connectivity index is 1.28. The number of para-hydroxylation sites is 1. The molecule has 1 atom stereocenters. The van der Waals surface area contributed by atoms with Gasteiger partial charge in [0.1, 0.15) is 0 Å². The summed E-state index contributed by atoms with van der Waals surface area (Å²) >= 11 is 3.58. The summed E-state index contributed by atoms with van der Waals surface area (Å²) in [5, 5.41) is 2.55. The molecule has 1 aliphatic carbocycles. The quantitative estimate of drug-likeness (QED) is 0.179. The number of hydrogen-bond acceptors (Lipinski definition) is 0. The summed E-state index contributed by atoms with van der Waals surface area (Å²) in [6.07, 6.45) is 7.81. The van der Waals surface area contributed by atoms with Crippen molar-refractivity contribution in [1.82, 2.24) is 4.57 Å². The van der Waals surface area contributed by atoms with Crippen molar-refractivity contribution in [3.05, 3.63) is 179 Å². The van der Waals surface area contributed by atoms with E-state index in [4.69, 9.17) is 0 Å². The van der Waals surface area contributed by atoms with Crippen LogP contribution in [-0.4, -0.2) is 4.57 Å². The summed E-state index contributed by atoms with van der Waals surface area (Å²) in [4.78, 5) is 0. The fourth-order valence-corrected chi connectivity index (χ4v) is 6.88. The summed E-state index contributed by atoms with van der Waals surface area (Å²) in [5.41, 5.74) is 12.5. The minimum Gasteiger partial charge on any atom is -0.309 e. The predicted molar refractivity (Wildman–Crippen MR) is 190 cm³/mol. The summed E-state index contributed by atoms with van der Waals surface area (Å²) < 4.78 is 3.55. The Hall–Kier alpha value is -4.92. The number of benzene rings is 6. The molecular weight excluding hydrogens is 598 g/mol. The van der Waals surface area contributed by atoms with E-state index in [2.05, 4.69) is 184 Å². The molecule has 0 N–H and O–H groups in total. The summed E-state index contributed by atoms with van der Waals surface area (Å²) in [6, 6.07) is 52.9. The van der Waals surface area contributed by atoms with E-state index in [0.29, 0.717) is 5.92 Å². The Morgan fingerprint density at radius 3 is 1.86 bits per heavy atom. The highest BCUT2D eigenvalue weighted by molar-refractivity contribution is 9.10. The van der Waals surface area contributed by atoms with Crippen LogP contribution in [0.25, 0.3) is 55.3 Å². The first-order chi connectivity index (χ1) is 21.7. The van der Waals surface area contributed by atoms with E-state index >= 15 is 0 Å². The van der Waals surface area contributed by atoms with E-state index in [1.807, 2.05) is 0 Å². The molecule has 0 fully saturated rings. The van der Waals surface area contributed by atoms with Crippen molar-refractivity contribution < 1.29 is 0 Å². The third kappa shape index (κ3) is 4.92. The molecular formula is C42H30BrN. The first kappa shape index (κ1) is 26.7. The number of rotatable bonds is 5. The molecule has 2 heteroatoms. The van der Waals surface area contributed by atoms with Gasteiger partial charge >= 0.3 is 0 Å². The molecule has 0 spiro atoms. The third-order valence-corrected chi connectivity index (χ3v) is 9.34. The fourth-order valence-electron chi connectivity index (χ4n) is 6.62. The van der Waals surface area contributed by atoms with E-state index < -0.39 is 0 Å². The van der Waals surface area contributed by atoms with Crippen LogP contribution < -0.4 is 0 Å². The standard InChI is InChI=1S/C42H30BrN/c43-37-21-18-31(19-22-37)32-14-9-15-33(24-32)34-20-23-42-40(28-34)39-16-7-8-17-41(39)44(42)38-26-35(29-10-3-1-4-11-29)25-36(27-38)30-12-5-2-6-13-30/h1-23,25-28,32H,24H2. The van der Waals surface area contributed by atoms with Gasteiger partial charge in [0.15, 0.2) is 0 Å². The van der Waals surface area contributed by atoms with Crippen LogP contribution >= 0.6 is 15.9 Å². The van der Waals surface area contributed by atoms with Crippen LogP contribution in [0.5, 0.6) is 0 Å². The zero-order valence-electron chi connectivity index (χ0n) is 24.2. The molecule has 1 heterocycles. The molecule has 0 amide bonds. The Bertz CT molecular complexity index is 2130. The topological polar surface area (TPSA) is 4.93 Å². The number of halogens is 1. The lowest BCUT2D eigenvalue weighted by molar-refractivity contribution is 0.867. The summed E-state index contributed by atoms with van der Waals surface area (Å²) in [5.74, 6) is 0.372. The van der Waals surface area contributed by atoms with Gasteiger partial charge in [0.05, 0.1) is 11.0 Å². The van der Waals surface area contributed by atoms with E-state index in [0.717, 1.165) is 10.9 Å². The van der Waals surface area contributed by atoms with Crippen molar-refractivity contribution in [3.63, 3.8) is 0 Å². The predicted octanol–water partition coefficient (Wildman–Crippen LogP) is 12.0. The van der Waals surface area contributed by atoms with Gasteiger partial charge in [0.2, 0.25) is 0 Å². The number of nitrogens with zero attached hydrogens (tertiary/aromatic N) is 1. The Kier molecular flexibility index (Phi) is 6.85. The molecule has 1 nitrogen and oxygen atoms in total. The molecule has 7 aromatic rings. The van der Waals surface area contributed by atoms with Crippen LogP contribution in [0.4, 0.5) is 0 Å². The number of allylic oxidation sites excluding steroid dienone is 4.